The number of nitrogens with zero attached hydrogens (tertiary/aromatic N) is 2. The Morgan fingerprint density at radius 3 is 3.00 bits per heavy atom. The van der Waals surface area contributed by atoms with Gasteiger partial charge in [0, 0.05) is 50.4 Å². The van der Waals surface area contributed by atoms with Crippen LogP contribution in [0.3, 0.4) is 0 Å². The van der Waals surface area contributed by atoms with Crippen LogP contribution < -0.4 is 5.32 Å². The van der Waals surface area contributed by atoms with Gasteiger partial charge >= 0.3 is 0 Å². The number of amides is 2. The van der Waals surface area contributed by atoms with Crippen LogP contribution in [0, 0.1) is 5.92 Å². The fourth-order valence-electron chi connectivity index (χ4n) is 3.05. The zero-order valence-electron chi connectivity index (χ0n) is 14.1. The van der Waals surface area contributed by atoms with Crippen molar-refractivity contribution in [1.82, 2.24) is 15.2 Å². The number of ether oxygens (including phenoxy) is 1. The van der Waals surface area contributed by atoms with E-state index in [1.807, 2.05) is 4.90 Å². The Balaban J connectivity index is 1.48. The number of nitrogens with one attached hydrogen (secondary N) is 1. The molecule has 132 valence electrons. The number of rotatable bonds is 7. The number of hydrogen-bond donors (Lipinski definition) is 1. The van der Waals surface area contributed by atoms with Gasteiger partial charge in [-0.05, 0) is 25.7 Å². The Morgan fingerprint density at radius 2 is 2.25 bits per heavy atom. The first-order chi connectivity index (χ1) is 11.7. The molecule has 3 rings (SSSR count). The fraction of sp³-hybridized carbons (Fsp3) is 0.706. The molecule has 2 aliphatic rings. The van der Waals surface area contributed by atoms with Crippen molar-refractivity contribution in [3.8, 4) is 0 Å². The van der Waals surface area contributed by atoms with Crippen LogP contribution in [0.1, 0.15) is 42.3 Å². The third-order valence-corrected chi connectivity index (χ3v) is 5.65. The number of thiazole rings is 1. The number of aromatic nitrogens is 1. The number of carbonyl (C=O) groups is 2. The summed E-state index contributed by atoms with van der Waals surface area (Å²) in [5, 5.41) is 6.16. The van der Waals surface area contributed by atoms with Crippen LogP contribution in [0.15, 0.2) is 5.38 Å². The SMILES string of the molecule is COCC(=O)N1CCC[C@@H](c2nc(CCNC(=O)C3CC3)cs2)C1. The summed E-state index contributed by atoms with van der Waals surface area (Å²) in [7, 11) is 1.55. The highest BCUT2D eigenvalue weighted by Gasteiger charge is 2.29. The lowest BCUT2D eigenvalue weighted by Gasteiger charge is -2.31. The molecule has 1 aliphatic heterocycles. The molecule has 1 saturated heterocycles. The van der Waals surface area contributed by atoms with E-state index in [1.165, 1.54) is 0 Å². The molecule has 7 heteroatoms. The number of methoxy groups -OCH3 is 1. The molecule has 0 aromatic carbocycles. The van der Waals surface area contributed by atoms with Gasteiger partial charge < -0.3 is 15.0 Å². The van der Waals surface area contributed by atoms with E-state index in [0.717, 1.165) is 55.9 Å². The van der Waals surface area contributed by atoms with Crippen molar-refractivity contribution in [2.24, 2.45) is 5.92 Å². The maximum absolute atomic E-state index is 12.0. The van der Waals surface area contributed by atoms with Crippen molar-refractivity contribution in [2.75, 3.05) is 33.4 Å². The van der Waals surface area contributed by atoms with Crippen LogP contribution in [0.5, 0.6) is 0 Å². The number of likely N-dealkylation sites (tertiary alicyclic amines) is 1. The highest BCUT2D eigenvalue weighted by Crippen LogP contribution is 2.30. The normalized spacial score (nSPS) is 20.9. The van der Waals surface area contributed by atoms with Crippen LogP contribution in [-0.2, 0) is 20.7 Å². The van der Waals surface area contributed by atoms with Gasteiger partial charge in [-0.2, -0.15) is 0 Å². The van der Waals surface area contributed by atoms with Gasteiger partial charge in [-0.25, -0.2) is 4.98 Å². The second-order valence-corrected chi connectivity index (χ2v) is 7.49. The Hall–Kier alpha value is -1.47. The molecule has 1 N–H and O–H groups in total. The molecule has 2 fully saturated rings. The van der Waals surface area contributed by atoms with Crippen molar-refractivity contribution in [2.45, 2.75) is 38.0 Å². The molecule has 1 aromatic rings. The molecule has 0 bridgehead atoms. The van der Waals surface area contributed by atoms with Crippen LogP contribution in [0.2, 0.25) is 0 Å². The van der Waals surface area contributed by atoms with Crippen molar-refractivity contribution in [3.05, 3.63) is 16.1 Å². The maximum Gasteiger partial charge on any atom is 0.248 e. The first-order valence-electron chi connectivity index (χ1n) is 8.66. The van der Waals surface area contributed by atoms with E-state index in [0.29, 0.717) is 12.5 Å². The van der Waals surface area contributed by atoms with Gasteiger partial charge in [-0.15, -0.1) is 11.3 Å². The van der Waals surface area contributed by atoms with Crippen LogP contribution in [0.4, 0.5) is 0 Å². The minimum atomic E-state index is 0.0572. The van der Waals surface area contributed by atoms with Crippen LogP contribution >= 0.6 is 11.3 Å². The summed E-state index contributed by atoms with van der Waals surface area (Å²) in [6.07, 6.45) is 4.92. The van der Waals surface area contributed by atoms with E-state index in [1.54, 1.807) is 18.4 Å². The van der Waals surface area contributed by atoms with E-state index < -0.39 is 0 Å². The van der Waals surface area contributed by atoms with E-state index in [2.05, 4.69) is 10.7 Å². The lowest BCUT2D eigenvalue weighted by atomic mass is 9.98. The van der Waals surface area contributed by atoms with Gasteiger partial charge in [0.15, 0.2) is 0 Å². The van der Waals surface area contributed by atoms with Crippen molar-refractivity contribution < 1.29 is 14.3 Å². The summed E-state index contributed by atoms with van der Waals surface area (Å²) in [5.41, 5.74) is 1.03. The van der Waals surface area contributed by atoms with Crippen LogP contribution in [0.25, 0.3) is 0 Å². The predicted molar refractivity (Wildman–Crippen MR) is 92.0 cm³/mol. The number of hydrogen-bond acceptors (Lipinski definition) is 5. The van der Waals surface area contributed by atoms with Crippen molar-refractivity contribution in [3.63, 3.8) is 0 Å². The predicted octanol–water partition coefficient (Wildman–Crippen LogP) is 1.56. The van der Waals surface area contributed by atoms with Gasteiger partial charge in [0.2, 0.25) is 11.8 Å². The maximum atomic E-state index is 12.0. The topological polar surface area (TPSA) is 71.5 Å². The van der Waals surface area contributed by atoms with E-state index in [4.69, 9.17) is 9.72 Å². The van der Waals surface area contributed by atoms with Gasteiger partial charge in [0.05, 0.1) is 10.7 Å². The van der Waals surface area contributed by atoms with Gasteiger partial charge in [0.25, 0.3) is 0 Å². The van der Waals surface area contributed by atoms with Gasteiger partial charge in [-0.1, -0.05) is 0 Å². The molecule has 6 nitrogen and oxygen atoms in total. The quantitative estimate of drug-likeness (QED) is 0.809. The summed E-state index contributed by atoms with van der Waals surface area (Å²) < 4.78 is 4.95. The van der Waals surface area contributed by atoms with Crippen molar-refractivity contribution >= 4 is 23.2 Å². The molecule has 2 amide bonds. The summed E-state index contributed by atoms with van der Waals surface area (Å²) >= 11 is 1.67. The smallest absolute Gasteiger partial charge is 0.248 e. The molecular weight excluding hydrogens is 326 g/mol. The molecule has 1 aromatic heterocycles. The monoisotopic (exact) mass is 351 g/mol. The minimum Gasteiger partial charge on any atom is -0.375 e. The lowest BCUT2D eigenvalue weighted by Crippen LogP contribution is -2.40. The largest absolute Gasteiger partial charge is 0.375 e. The van der Waals surface area contributed by atoms with E-state index >= 15 is 0 Å². The van der Waals surface area contributed by atoms with Crippen molar-refractivity contribution in [1.29, 1.82) is 0 Å². The zero-order chi connectivity index (χ0) is 16.9. The third-order valence-electron chi connectivity index (χ3n) is 4.59. The third kappa shape index (κ3) is 4.54. The lowest BCUT2D eigenvalue weighted by molar-refractivity contribution is -0.136. The first kappa shape index (κ1) is 17.4. The Bertz CT molecular complexity index is 585. The minimum absolute atomic E-state index is 0.0572. The Labute approximate surface area is 146 Å². The molecule has 2 heterocycles. The van der Waals surface area contributed by atoms with E-state index in [9.17, 15) is 9.59 Å². The second kappa shape index (κ2) is 8.07. The van der Waals surface area contributed by atoms with E-state index in [-0.39, 0.29) is 24.3 Å². The highest BCUT2D eigenvalue weighted by atomic mass is 32.1. The average Bonchev–Trinajstić information content (AvgIpc) is 3.34. The molecule has 0 spiro atoms. The van der Waals surface area contributed by atoms with Gasteiger partial charge in [-0.3, -0.25) is 9.59 Å². The molecule has 1 aliphatic carbocycles. The molecule has 1 atom stereocenters. The molecule has 0 radical (unpaired) electrons. The van der Waals surface area contributed by atoms with Gasteiger partial charge in [0.1, 0.15) is 6.61 Å². The summed E-state index contributed by atoms with van der Waals surface area (Å²) in [4.78, 5) is 30.2. The summed E-state index contributed by atoms with van der Waals surface area (Å²) in [6.45, 7) is 2.34. The zero-order valence-corrected chi connectivity index (χ0v) is 14.9. The first-order valence-corrected chi connectivity index (χ1v) is 9.54. The standard InChI is InChI=1S/C17H25N3O3S/c1-23-10-15(21)20-8-2-3-13(9-20)17-19-14(11-24-17)6-7-18-16(22)12-4-5-12/h11-13H,2-10H2,1H3,(H,18,22)/t13-/m1/s1. The molecule has 24 heavy (non-hydrogen) atoms. The number of carbonyl (C=O) groups excluding carboxylic acids is 2. The summed E-state index contributed by atoms with van der Waals surface area (Å²) in [5.74, 6) is 0.819. The van der Waals surface area contributed by atoms with Crippen LogP contribution in [-0.4, -0.2) is 55.0 Å². The Kier molecular flexibility index (Phi) is 5.84. The highest BCUT2D eigenvalue weighted by molar-refractivity contribution is 7.09. The average molecular weight is 351 g/mol. The number of piperidine rings is 1. The fourth-order valence-corrected chi connectivity index (χ4v) is 4.03. The molecular formula is C17H25N3O3S. The second-order valence-electron chi connectivity index (χ2n) is 6.60. The molecule has 1 saturated carbocycles. The Morgan fingerprint density at radius 1 is 1.42 bits per heavy atom. The summed E-state index contributed by atoms with van der Waals surface area (Å²) in [6, 6.07) is 0. The molecule has 0 unspecified atom stereocenters.